The Morgan fingerprint density at radius 3 is 2.82 bits per heavy atom. The van der Waals surface area contributed by atoms with Crippen LogP contribution >= 0.6 is 0 Å². The van der Waals surface area contributed by atoms with Crippen molar-refractivity contribution >= 4 is 0 Å². The molecule has 0 aromatic heterocycles. The Balaban J connectivity index is 2.50. The lowest BCUT2D eigenvalue weighted by atomic mass is 9.80. The lowest BCUT2D eigenvalue weighted by Crippen LogP contribution is -2.20. The van der Waals surface area contributed by atoms with Crippen molar-refractivity contribution < 1.29 is 5.11 Å². The minimum Gasteiger partial charge on any atom is -0.396 e. The Hall–Kier alpha value is -0.520. The van der Waals surface area contributed by atoms with Crippen molar-refractivity contribution in [1.82, 2.24) is 0 Å². The number of aliphatic hydroxyl groups is 1. The van der Waals surface area contributed by atoms with Gasteiger partial charge in [-0.1, -0.05) is 19.4 Å². The van der Waals surface area contributed by atoms with E-state index < -0.39 is 0 Å². The van der Waals surface area contributed by atoms with Crippen molar-refractivity contribution in [1.29, 1.82) is 0 Å². The highest BCUT2D eigenvalue weighted by Gasteiger charge is 2.21. The van der Waals surface area contributed by atoms with E-state index in [1.165, 1.54) is 25.7 Å². The lowest BCUT2D eigenvalue weighted by Gasteiger charge is -2.26. The molecule has 0 amide bonds. The molecule has 0 spiro atoms. The number of rotatable bonds is 2. The van der Waals surface area contributed by atoms with Crippen LogP contribution in [0.4, 0.5) is 0 Å². The van der Waals surface area contributed by atoms with Crippen molar-refractivity contribution in [3.63, 3.8) is 0 Å². The van der Waals surface area contributed by atoms with E-state index in [-0.39, 0.29) is 0 Å². The second kappa shape index (κ2) is 4.38. The van der Waals surface area contributed by atoms with Crippen molar-refractivity contribution in [2.45, 2.75) is 25.7 Å². The maximum Gasteiger partial charge on any atom is 0.0465 e. The fourth-order valence-electron chi connectivity index (χ4n) is 1.83. The zero-order valence-corrected chi connectivity index (χ0v) is 6.92. The van der Waals surface area contributed by atoms with Gasteiger partial charge in [0.05, 0.1) is 0 Å². The van der Waals surface area contributed by atoms with Gasteiger partial charge >= 0.3 is 0 Å². The van der Waals surface area contributed by atoms with Gasteiger partial charge in [0.2, 0.25) is 0 Å². The molecule has 0 aliphatic heterocycles. The highest BCUT2D eigenvalue weighted by atomic mass is 16.3. The van der Waals surface area contributed by atoms with Crippen LogP contribution in [0.1, 0.15) is 25.7 Å². The summed E-state index contributed by atoms with van der Waals surface area (Å²) in [6.07, 6.45) is 6.94. The predicted molar refractivity (Wildman–Crippen MR) is 46.2 cm³/mol. The van der Waals surface area contributed by atoms with Crippen LogP contribution in [0.15, 0.2) is 18.4 Å². The molecule has 2 atom stereocenters. The molecule has 2 unspecified atom stereocenters. The van der Waals surface area contributed by atoms with Crippen LogP contribution in [0.2, 0.25) is 0 Å². The van der Waals surface area contributed by atoms with Crippen LogP contribution in [-0.2, 0) is 0 Å². The molecule has 0 aromatic rings. The van der Waals surface area contributed by atoms with Crippen LogP contribution in [-0.4, -0.2) is 11.7 Å². The quantitative estimate of drug-likeness (QED) is 0.601. The first kappa shape index (κ1) is 8.58. The summed E-state index contributed by atoms with van der Waals surface area (Å²) in [6.45, 7) is 3.88. The number of aliphatic hydroxyl groups excluding tert-OH is 1. The number of hydrogen-bond acceptors (Lipinski definition) is 1. The molecule has 0 bridgehead atoms. The van der Waals surface area contributed by atoms with E-state index in [1.807, 2.05) is 6.08 Å². The monoisotopic (exact) mass is 152 g/mol. The highest BCUT2D eigenvalue weighted by Crippen LogP contribution is 2.30. The average Bonchev–Trinajstić information content (AvgIpc) is 2.06. The van der Waals surface area contributed by atoms with Gasteiger partial charge in [-0.25, -0.2) is 0 Å². The topological polar surface area (TPSA) is 20.2 Å². The molecule has 1 N–H and O–H groups in total. The van der Waals surface area contributed by atoms with Crippen LogP contribution < -0.4 is 0 Å². The summed E-state index contributed by atoms with van der Waals surface area (Å²) in [5.41, 5.74) is 2.82. The molecule has 1 saturated carbocycles. The van der Waals surface area contributed by atoms with Gasteiger partial charge in [-0.3, -0.25) is 0 Å². The molecule has 0 heterocycles. The molecule has 1 aliphatic carbocycles. The van der Waals surface area contributed by atoms with Crippen LogP contribution in [0.3, 0.4) is 0 Å². The molecule has 0 saturated heterocycles. The van der Waals surface area contributed by atoms with Crippen LogP contribution in [0, 0.1) is 11.8 Å². The Kier molecular flexibility index (Phi) is 3.41. The largest absolute Gasteiger partial charge is 0.396 e. The summed E-state index contributed by atoms with van der Waals surface area (Å²) in [5.74, 6) is 1.00. The summed E-state index contributed by atoms with van der Waals surface area (Å²) < 4.78 is 0. The van der Waals surface area contributed by atoms with E-state index in [0.717, 1.165) is 0 Å². The van der Waals surface area contributed by atoms with Crippen molar-refractivity contribution in [2.75, 3.05) is 6.61 Å². The Bertz CT molecular complexity index is 156. The summed E-state index contributed by atoms with van der Waals surface area (Å²) >= 11 is 0. The average molecular weight is 152 g/mol. The zero-order valence-electron chi connectivity index (χ0n) is 6.92. The van der Waals surface area contributed by atoms with Crippen LogP contribution in [0.25, 0.3) is 0 Å². The number of hydrogen-bond donors (Lipinski definition) is 1. The number of allylic oxidation sites excluding steroid dienone is 1. The van der Waals surface area contributed by atoms with Gasteiger partial charge in [0.25, 0.3) is 0 Å². The van der Waals surface area contributed by atoms with Crippen molar-refractivity contribution in [3.8, 4) is 0 Å². The van der Waals surface area contributed by atoms with E-state index in [0.29, 0.717) is 18.4 Å². The van der Waals surface area contributed by atoms with E-state index in [2.05, 4.69) is 12.3 Å². The second-order valence-electron chi connectivity index (χ2n) is 3.26. The minimum atomic E-state index is 0.322. The third-order valence-electron chi connectivity index (χ3n) is 2.53. The molecule has 1 rings (SSSR count). The molecular weight excluding hydrogens is 136 g/mol. The summed E-state index contributed by atoms with van der Waals surface area (Å²) in [4.78, 5) is 0. The molecule has 0 aromatic carbocycles. The minimum absolute atomic E-state index is 0.322. The molecule has 11 heavy (non-hydrogen) atoms. The zero-order chi connectivity index (χ0) is 8.10. The van der Waals surface area contributed by atoms with Gasteiger partial charge in [-0.2, -0.15) is 0 Å². The summed E-state index contributed by atoms with van der Waals surface area (Å²) in [5, 5.41) is 9.02. The Morgan fingerprint density at radius 1 is 1.45 bits per heavy atom. The first-order chi connectivity index (χ1) is 5.38. The standard InChI is InChI=1S/C10H16O/c1-2-5-9-6-3-4-7-10(9)8-11/h5,9-11H,1,3-4,6-8H2. The smallest absolute Gasteiger partial charge is 0.0465 e. The van der Waals surface area contributed by atoms with Crippen molar-refractivity contribution in [2.24, 2.45) is 11.8 Å². The first-order valence-corrected chi connectivity index (χ1v) is 4.35. The Labute approximate surface area is 68.4 Å². The van der Waals surface area contributed by atoms with Crippen LogP contribution in [0.5, 0.6) is 0 Å². The van der Waals surface area contributed by atoms with Gasteiger partial charge < -0.3 is 5.11 Å². The summed E-state index contributed by atoms with van der Waals surface area (Å²) in [7, 11) is 0. The second-order valence-corrected chi connectivity index (χ2v) is 3.26. The molecular formula is C10H16O. The lowest BCUT2D eigenvalue weighted by molar-refractivity contribution is 0.157. The molecule has 1 heteroatoms. The highest BCUT2D eigenvalue weighted by molar-refractivity contribution is 4.90. The van der Waals surface area contributed by atoms with Gasteiger partial charge in [0.1, 0.15) is 0 Å². The fraction of sp³-hybridized carbons (Fsp3) is 0.700. The first-order valence-electron chi connectivity index (χ1n) is 4.35. The summed E-state index contributed by atoms with van der Waals surface area (Å²) in [6, 6.07) is 0. The van der Waals surface area contributed by atoms with E-state index in [1.54, 1.807) is 0 Å². The maximum atomic E-state index is 9.02. The third kappa shape index (κ3) is 2.21. The van der Waals surface area contributed by atoms with E-state index in [4.69, 9.17) is 5.11 Å². The normalized spacial score (nSPS) is 31.0. The Morgan fingerprint density at radius 2 is 2.18 bits per heavy atom. The van der Waals surface area contributed by atoms with Gasteiger partial charge in [-0.15, -0.1) is 5.73 Å². The van der Waals surface area contributed by atoms with Crippen molar-refractivity contribution in [3.05, 3.63) is 18.4 Å². The van der Waals surface area contributed by atoms with E-state index >= 15 is 0 Å². The SMILES string of the molecule is C=C=CC1CCCCC1CO. The third-order valence-corrected chi connectivity index (χ3v) is 2.53. The van der Waals surface area contributed by atoms with Gasteiger partial charge in [-0.05, 0) is 30.8 Å². The molecule has 0 radical (unpaired) electrons. The van der Waals surface area contributed by atoms with Gasteiger partial charge in [0.15, 0.2) is 0 Å². The fourth-order valence-corrected chi connectivity index (χ4v) is 1.83. The molecule has 1 aliphatic rings. The van der Waals surface area contributed by atoms with Gasteiger partial charge in [0, 0.05) is 6.61 Å². The molecule has 1 fully saturated rings. The van der Waals surface area contributed by atoms with E-state index in [9.17, 15) is 0 Å². The molecule has 1 nitrogen and oxygen atoms in total. The molecule has 62 valence electrons. The maximum absolute atomic E-state index is 9.02. The predicted octanol–water partition coefficient (Wildman–Crippen LogP) is 2.13.